The zero-order valence-electron chi connectivity index (χ0n) is 28.1. The lowest BCUT2D eigenvalue weighted by atomic mass is 9.90. The topological polar surface area (TPSA) is 286 Å². The van der Waals surface area contributed by atoms with Crippen LogP contribution in [0.1, 0.15) is 0 Å². The second kappa shape index (κ2) is 26.3. The van der Waals surface area contributed by atoms with Gasteiger partial charge < -0.3 is 69.3 Å². The fourth-order valence-electron chi connectivity index (χ4n) is 3.20. The van der Waals surface area contributed by atoms with Crippen molar-refractivity contribution in [3.05, 3.63) is 50.6 Å². The average Bonchev–Trinajstić information content (AvgIpc) is 3.16. The summed E-state index contributed by atoms with van der Waals surface area (Å²) in [7, 11) is 0. The Morgan fingerprint density at radius 3 is 0.700 bits per heavy atom. The van der Waals surface area contributed by atoms with Crippen LogP contribution in [0, 0.1) is 21.7 Å². The molecule has 0 unspecified atom stereocenters. The van der Waals surface area contributed by atoms with Crippen LogP contribution in [0.4, 0.5) is 0 Å². The molecule has 50 heavy (non-hydrogen) atoms. The Kier molecular flexibility index (Phi) is 25.5. The van der Waals surface area contributed by atoms with Crippen LogP contribution in [0.25, 0.3) is 0 Å². The van der Waals surface area contributed by atoms with Crippen LogP contribution in [0.3, 0.4) is 0 Å². The third kappa shape index (κ3) is 17.9. The second-order valence-electron chi connectivity index (χ2n) is 11.5. The summed E-state index contributed by atoms with van der Waals surface area (Å²) in [4.78, 5) is 45.9. The van der Waals surface area contributed by atoms with Gasteiger partial charge in [-0.2, -0.15) is 0 Å². The number of ether oxygens (including phenoxy) is 6. The molecule has 18 heteroatoms. The van der Waals surface area contributed by atoms with Crippen molar-refractivity contribution < 1.29 is 88.5 Å². The van der Waals surface area contributed by atoms with Crippen LogP contribution in [0.5, 0.6) is 0 Å². The summed E-state index contributed by atoms with van der Waals surface area (Å²) in [6.07, 6.45) is 3.66. The number of carbonyl (C=O) groups excluding carboxylic acids is 4. The molecule has 18 nitrogen and oxygen atoms in total. The van der Waals surface area contributed by atoms with E-state index in [1.165, 1.54) is 0 Å². The quantitative estimate of drug-likeness (QED) is 0.0224. The van der Waals surface area contributed by atoms with Crippen molar-refractivity contribution >= 4 is 23.9 Å². The number of rotatable bonds is 28. The van der Waals surface area contributed by atoms with E-state index in [1.807, 2.05) is 0 Å². The molecule has 0 atom stereocenters. The molecule has 0 fully saturated rings. The van der Waals surface area contributed by atoms with E-state index in [-0.39, 0.29) is 26.4 Å². The zero-order valence-corrected chi connectivity index (χ0v) is 28.1. The summed E-state index contributed by atoms with van der Waals surface area (Å²) in [6, 6.07) is 0. The minimum Gasteiger partial charge on any atom is -0.462 e. The van der Waals surface area contributed by atoms with E-state index < -0.39 is 125 Å². The lowest BCUT2D eigenvalue weighted by molar-refractivity contribution is -0.162. The molecule has 0 saturated heterocycles. The largest absolute Gasteiger partial charge is 0.462 e. The van der Waals surface area contributed by atoms with Crippen LogP contribution in [0.2, 0.25) is 0 Å². The van der Waals surface area contributed by atoms with Gasteiger partial charge in [-0.05, 0) is 0 Å². The molecule has 0 heterocycles. The second-order valence-corrected chi connectivity index (χ2v) is 11.5. The summed E-state index contributed by atoms with van der Waals surface area (Å²) in [5, 5.41) is 74.0. The first-order valence-electron chi connectivity index (χ1n) is 14.9. The van der Waals surface area contributed by atoms with Crippen molar-refractivity contribution in [2.24, 2.45) is 21.7 Å². The minimum atomic E-state index is -1.38. The van der Waals surface area contributed by atoms with Gasteiger partial charge in [0.25, 0.3) is 0 Å². The van der Waals surface area contributed by atoms with E-state index in [1.54, 1.807) is 0 Å². The van der Waals surface area contributed by atoms with Crippen molar-refractivity contribution in [1.82, 2.24) is 0 Å². The zero-order chi connectivity index (χ0) is 38.7. The molecule has 0 rings (SSSR count). The maximum Gasteiger partial charge on any atom is 0.330 e. The molecule has 288 valence electrons. The molecule has 0 aromatic carbocycles. The number of hydrogen-bond acceptors (Lipinski definition) is 18. The Balaban J connectivity index is 0. The Bertz CT molecular complexity index is 905. The van der Waals surface area contributed by atoms with Crippen LogP contribution in [-0.2, 0) is 47.6 Å². The standard InChI is InChI=1S/C22H30O11.C10H22O7/c1-5-17(25)30-13-21(9-23,14-31-18(26)6-2)11-29-12-22(10-24,15-32-19(27)7-3)16-33-20(28)8-4;11-1-9(2-12,3-13)7-17-8-10(4-14,5-15)6-16/h5-8,23-24H,1-4,9-16H2;11-16H,1-8H2. The monoisotopic (exact) mass is 724 g/mol. The van der Waals surface area contributed by atoms with Crippen LogP contribution >= 0.6 is 0 Å². The van der Waals surface area contributed by atoms with Crippen LogP contribution in [0.15, 0.2) is 50.6 Å². The first kappa shape index (κ1) is 48.6. The third-order valence-corrected chi connectivity index (χ3v) is 7.07. The van der Waals surface area contributed by atoms with Gasteiger partial charge in [-0.1, -0.05) is 26.3 Å². The number of aliphatic hydroxyl groups excluding tert-OH is 8. The summed E-state index contributed by atoms with van der Waals surface area (Å²) in [5.74, 6) is -3.11. The number of esters is 4. The molecule has 0 aliphatic carbocycles. The van der Waals surface area contributed by atoms with Crippen molar-refractivity contribution in [2.45, 2.75) is 0 Å². The molecule has 8 N–H and O–H groups in total. The van der Waals surface area contributed by atoms with E-state index in [2.05, 4.69) is 26.3 Å². The lowest BCUT2D eigenvalue weighted by Crippen LogP contribution is -2.45. The molecule has 0 amide bonds. The summed E-state index contributed by atoms with van der Waals surface area (Å²) >= 11 is 0. The minimum absolute atomic E-state index is 0.141. The average molecular weight is 725 g/mol. The molecule has 0 spiro atoms. The van der Waals surface area contributed by atoms with Gasteiger partial charge in [0.1, 0.15) is 26.4 Å². The SMILES string of the molecule is C=CC(=O)OCC(CO)(COCC(CO)(COC(=O)C=C)COC(=O)C=C)COC(=O)C=C.OCC(CO)(CO)COCC(CO)(CO)CO. The van der Waals surface area contributed by atoms with Gasteiger partial charge in [-0.3, -0.25) is 0 Å². The lowest BCUT2D eigenvalue weighted by Gasteiger charge is -2.34. The first-order chi connectivity index (χ1) is 23.7. The number of aliphatic hydroxyl groups is 8. The van der Waals surface area contributed by atoms with Gasteiger partial charge in [0, 0.05) is 24.3 Å². The van der Waals surface area contributed by atoms with Crippen molar-refractivity contribution in [1.29, 1.82) is 0 Å². The Hall–Kier alpha value is -3.56. The van der Waals surface area contributed by atoms with Gasteiger partial charge >= 0.3 is 23.9 Å². The van der Waals surface area contributed by atoms with Crippen molar-refractivity contribution in [3.8, 4) is 0 Å². The highest BCUT2D eigenvalue weighted by molar-refractivity contribution is 5.82. The highest BCUT2D eigenvalue weighted by atomic mass is 16.6. The molecule has 0 aromatic heterocycles. The normalized spacial score (nSPS) is 11.7. The summed E-state index contributed by atoms with van der Waals surface area (Å²) in [5.41, 5.74) is -5.08. The number of hydrogen-bond donors (Lipinski definition) is 8. The van der Waals surface area contributed by atoms with E-state index in [0.717, 1.165) is 24.3 Å². The maximum absolute atomic E-state index is 11.5. The molecule has 0 radical (unpaired) electrons. The van der Waals surface area contributed by atoms with Gasteiger partial charge in [-0.25, -0.2) is 19.2 Å². The van der Waals surface area contributed by atoms with Gasteiger partial charge in [0.2, 0.25) is 0 Å². The third-order valence-electron chi connectivity index (χ3n) is 7.07. The summed E-state index contributed by atoms with van der Waals surface area (Å²) < 4.78 is 30.7. The van der Waals surface area contributed by atoms with Crippen LogP contribution in [-0.4, -0.2) is 170 Å². The molecule has 0 aromatic rings. The Morgan fingerprint density at radius 1 is 0.360 bits per heavy atom. The van der Waals surface area contributed by atoms with E-state index in [4.69, 9.17) is 59.1 Å². The van der Waals surface area contributed by atoms with Gasteiger partial charge in [-0.15, -0.1) is 0 Å². The highest BCUT2D eigenvalue weighted by Gasteiger charge is 2.38. The van der Waals surface area contributed by atoms with Crippen LogP contribution < -0.4 is 0 Å². The Labute approximate surface area is 290 Å². The van der Waals surface area contributed by atoms with Gasteiger partial charge in [0.05, 0.1) is 101 Å². The van der Waals surface area contributed by atoms with Crippen molar-refractivity contribution in [2.75, 3.05) is 106 Å². The van der Waals surface area contributed by atoms with E-state index in [9.17, 15) is 29.4 Å². The maximum atomic E-state index is 11.5. The summed E-state index contributed by atoms with van der Waals surface area (Å²) in [6.45, 7) is 6.58. The van der Waals surface area contributed by atoms with Gasteiger partial charge in [0.15, 0.2) is 0 Å². The fourth-order valence-corrected chi connectivity index (χ4v) is 3.20. The molecular formula is C32H52O18. The number of carbonyl (C=O) groups is 4. The van der Waals surface area contributed by atoms with Crippen molar-refractivity contribution in [3.63, 3.8) is 0 Å². The molecule has 0 bridgehead atoms. The molecule has 0 aliphatic rings. The Morgan fingerprint density at radius 2 is 0.540 bits per heavy atom. The predicted octanol–water partition coefficient (Wildman–Crippen LogP) is -3.19. The smallest absolute Gasteiger partial charge is 0.330 e. The van der Waals surface area contributed by atoms with E-state index in [0.29, 0.717) is 0 Å². The predicted molar refractivity (Wildman–Crippen MR) is 173 cm³/mol. The fraction of sp³-hybridized carbons (Fsp3) is 0.625. The first-order valence-corrected chi connectivity index (χ1v) is 14.9. The molecule has 0 aliphatic heterocycles. The molecule has 0 saturated carbocycles. The molecular weight excluding hydrogens is 672 g/mol. The highest BCUT2D eigenvalue weighted by Crippen LogP contribution is 2.24. The van der Waals surface area contributed by atoms with E-state index >= 15 is 0 Å².